The lowest BCUT2D eigenvalue weighted by molar-refractivity contribution is -0.138. The van der Waals surface area contributed by atoms with Crippen molar-refractivity contribution in [2.75, 3.05) is 19.6 Å². The molecule has 1 fully saturated rings. The van der Waals surface area contributed by atoms with Crippen LogP contribution in [0, 0.1) is 5.92 Å². The van der Waals surface area contributed by atoms with Gasteiger partial charge in [-0.15, -0.1) is 0 Å². The molecule has 0 unspecified atom stereocenters. The number of carbonyl (C=O) groups is 1. The summed E-state index contributed by atoms with van der Waals surface area (Å²) in [5.41, 5.74) is 5.14. The van der Waals surface area contributed by atoms with Crippen molar-refractivity contribution in [3.8, 4) is 0 Å². The van der Waals surface area contributed by atoms with E-state index in [-0.39, 0.29) is 11.8 Å². The summed E-state index contributed by atoms with van der Waals surface area (Å²) in [5, 5.41) is 0. The lowest BCUT2D eigenvalue weighted by Gasteiger charge is -2.29. The maximum Gasteiger partial charge on any atom is 0.416 e. The van der Waals surface area contributed by atoms with Gasteiger partial charge in [-0.25, -0.2) is 0 Å². The van der Waals surface area contributed by atoms with Gasteiger partial charge < -0.3 is 5.73 Å². The summed E-state index contributed by atoms with van der Waals surface area (Å²) in [6, 6.07) is 5.76. The number of piperidine rings is 1. The molecule has 2 rings (SSSR count). The first-order valence-corrected chi connectivity index (χ1v) is 8.69. The number of carbonyl (C=O) groups excluding carboxylic acids is 1. The number of hydrogen-bond acceptors (Lipinski definition) is 2. The Hall–Kier alpha value is -1.82. The average Bonchev–Trinajstić information content (AvgIpc) is 2.58. The number of unbranched alkanes of at least 4 members (excludes halogenated alkanes) is 1. The quantitative estimate of drug-likeness (QED) is 0.598. The Bertz CT molecular complexity index is 591. The molecule has 0 spiro atoms. The second-order valence-electron chi connectivity index (χ2n) is 6.50. The fourth-order valence-corrected chi connectivity index (χ4v) is 3.17. The van der Waals surface area contributed by atoms with Crippen molar-refractivity contribution in [2.24, 2.45) is 11.7 Å². The highest BCUT2D eigenvalue weighted by atomic mass is 19.4. The molecular weight excluding hydrogens is 329 g/mol. The first-order valence-electron chi connectivity index (χ1n) is 8.69. The molecule has 0 saturated carbocycles. The molecule has 25 heavy (non-hydrogen) atoms. The van der Waals surface area contributed by atoms with Crippen LogP contribution in [0.25, 0.3) is 0 Å². The van der Waals surface area contributed by atoms with Gasteiger partial charge in [0, 0.05) is 12.5 Å². The van der Waals surface area contributed by atoms with Gasteiger partial charge in [0.25, 0.3) is 0 Å². The number of likely N-dealkylation sites (tertiary alicyclic amines) is 1. The molecule has 1 aliphatic heterocycles. The molecule has 1 saturated heterocycles. The smallest absolute Gasteiger partial charge is 0.369 e. The highest BCUT2D eigenvalue weighted by molar-refractivity contribution is 5.76. The van der Waals surface area contributed by atoms with E-state index < -0.39 is 11.7 Å². The van der Waals surface area contributed by atoms with Crippen molar-refractivity contribution in [1.29, 1.82) is 0 Å². The summed E-state index contributed by atoms with van der Waals surface area (Å²) < 4.78 is 38.7. The largest absolute Gasteiger partial charge is 0.416 e. The standard InChI is InChI=1S/C19H25F3N2O/c20-19(21,22)17-9-5-4-8-15(17)7-3-1-2-6-12-24-13-10-16(11-14-24)18(23)25/h2,4-6,8-9,16H,1,3,7,10-14H2,(H2,23,25)/b6-2+. The molecule has 0 aliphatic carbocycles. The zero-order valence-corrected chi connectivity index (χ0v) is 14.3. The minimum absolute atomic E-state index is 0.00562. The van der Waals surface area contributed by atoms with E-state index in [1.54, 1.807) is 12.1 Å². The summed E-state index contributed by atoms with van der Waals surface area (Å²) >= 11 is 0. The van der Waals surface area contributed by atoms with Crippen LogP contribution in [0.2, 0.25) is 0 Å². The highest BCUT2D eigenvalue weighted by Gasteiger charge is 2.32. The fraction of sp³-hybridized carbons (Fsp3) is 0.526. The van der Waals surface area contributed by atoms with Crippen molar-refractivity contribution in [1.82, 2.24) is 4.90 Å². The summed E-state index contributed by atoms with van der Waals surface area (Å²) in [5.74, 6) is -0.219. The van der Waals surface area contributed by atoms with E-state index in [2.05, 4.69) is 11.0 Å². The van der Waals surface area contributed by atoms with Crippen molar-refractivity contribution in [2.45, 2.75) is 38.3 Å². The summed E-state index contributed by atoms with van der Waals surface area (Å²) in [6.45, 7) is 2.53. The van der Waals surface area contributed by atoms with Crippen LogP contribution in [0.4, 0.5) is 13.2 Å². The Kier molecular flexibility index (Phi) is 7.05. The number of alkyl halides is 3. The van der Waals surface area contributed by atoms with E-state index in [1.807, 2.05) is 6.08 Å². The van der Waals surface area contributed by atoms with Crippen LogP contribution in [0.3, 0.4) is 0 Å². The van der Waals surface area contributed by atoms with Crippen molar-refractivity contribution in [3.63, 3.8) is 0 Å². The van der Waals surface area contributed by atoms with E-state index in [0.29, 0.717) is 18.4 Å². The average molecular weight is 354 g/mol. The number of amides is 1. The molecule has 138 valence electrons. The number of rotatable bonds is 7. The topological polar surface area (TPSA) is 46.3 Å². The number of nitrogens with zero attached hydrogens (tertiary/aromatic N) is 1. The molecule has 0 radical (unpaired) electrons. The van der Waals surface area contributed by atoms with Gasteiger partial charge in [0.2, 0.25) is 5.91 Å². The van der Waals surface area contributed by atoms with Crippen molar-refractivity contribution < 1.29 is 18.0 Å². The third-order valence-electron chi connectivity index (χ3n) is 4.66. The Morgan fingerprint density at radius 1 is 1.20 bits per heavy atom. The number of nitrogens with two attached hydrogens (primary N) is 1. The predicted octanol–water partition coefficient (Wildman–Crippen LogP) is 3.78. The molecule has 0 atom stereocenters. The van der Waals surface area contributed by atoms with Crippen LogP contribution in [0.1, 0.15) is 36.8 Å². The van der Waals surface area contributed by atoms with E-state index in [1.165, 1.54) is 6.07 Å². The SMILES string of the molecule is NC(=O)C1CCN(C/C=C/CCCc2ccccc2C(F)(F)F)CC1. The normalized spacial score (nSPS) is 17.2. The zero-order chi connectivity index (χ0) is 18.3. The van der Waals surface area contributed by atoms with Crippen molar-refractivity contribution in [3.05, 3.63) is 47.5 Å². The number of aryl methyl sites for hydroxylation is 1. The molecule has 0 bridgehead atoms. The Labute approximate surface area is 146 Å². The van der Waals surface area contributed by atoms with E-state index in [0.717, 1.165) is 45.0 Å². The van der Waals surface area contributed by atoms with Gasteiger partial charge in [-0.05, 0) is 56.8 Å². The second kappa shape index (κ2) is 9.04. The van der Waals surface area contributed by atoms with Gasteiger partial charge in [-0.1, -0.05) is 30.4 Å². The summed E-state index contributed by atoms with van der Waals surface area (Å²) in [7, 11) is 0. The minimum Gasteiger partial charge on any atom is -0.369 e. The van der Waals surface area contributed by atoms with E-state index in [4.69, 9.17) is 5.73 Å². The lowest BCUT2D eigenvalue weighted by atomic mass is 9.96. The van der Waals surface area contributed by atoms with Gasteiger partial charge in [0.1, 0.15) is 0 Å². The zero-order valence-electron chi connectivity index (χ0n) is 14.3. The molecule has 6 heteroatoms. The van der Waals surface area contributed by atoms with Gasteiger partial charge in [0.05, 0.1) is 5.56 Å². The molecular formula is C19H25F3N2O. The number of benzene rings is 1. The molecule has 1 amide bonds. The monoisotopic (exact) mass is 354 g/mol. The Balaban J connectivity index is 1.69. The van der Waals surface area contributed by atoms with Crippen LogP contribution in [-0.4, -0.2) is 30.4 Å². The van der Waals surface area contributed by atoms with Crippen LogP contribution in [-0.2, 0) is 17.4 Å². The first-order chi connectivity index (χ1) is 11.9. The summed E-state index contributed by atoms with van der Waals surface area (Å²) in [6.07, 6.45) is 3.26. The maximum absolute atomic E-state index is 12.9. The third-order valence-corrected chi connectivity index (χ3v) is 4.66. The molecule has 1 aromatic carbocycles. The molecule has 1 heterocycles. The van der Waals surface area contributed by atoms with Gasteiger partial charge in [-0.2, -0.15) is 13.2 Å². The third kappa shape index (κ3) is 6.20. The number of halogens is 3. The first kappa shape index (κ1) is 19.5. The molecule has 3 nitrogen and oxygen atoms in total. The lowest BCUT2D eigenvalue weighted by Crippen LogP contribution is -2.38. The van der Waals surface area contributed by atoms with Gasteiger partial charge >= 0.3 is 6.18 Å². The highest BCUT2D eigenvalue weighted by Crippen LogP contribution is 2.32. The Morgan fingerprint density at radius 2 is 1.88 bits per heavy atom. The molecule has 1 aliphatic rings. The van der Waals surface area contributed by atoms with Crippen LogP contribution in [0.5, 0.6) is 0 Å². The van der Waals surface area contributed by atoms with Crippen LogP contribution < -0.4 is 5.73 Å². The summed E-state index contributed by atoms with van der Waals surface area (Å²) in [4.78, 5) is 13.4. The van der Waals surface area contributed by atoms with E-state index >= 15 is 0 Å². The molecule has 0 aromatic heterocycles. The second-order valence-corrected chi connectivity index (χ2v) is 6.50. The Morgan fingerprint density at radius 3 is 2.52 bits per heavy atom. The number of hydrogen-bond donors (Lipinski definition) is 1. The van der Waals surface area contributed by atoms with Gasteiger partial charge in [-0.3, -0.25) is 9.69 Å². The maximum atomic E-state index is 12.9. The van der Waals surface area contributed by atoms with Crippen molar-refractivity contribution >= 4 is 5.91 Å². The van der Waals surface area contributed by atoms with E-state index in [9.17, 15) is 18.0 Å². The molecule has 1 aromatic rings. The predicted molar refractivity (Wildman–Crippen MR) is 91.9 cm³/mol. The number of allylic oxidation sites excluding steroid dienone is 1. The minimum atomic E-state index is -4.29. The van der Waals surface area contributed by atoms with Crippen LogP contribution in [0.15, 0.2) is 36.4 Å². The molecule has 2 N–H and O–H groups in total. The fourth-order valence-electron chi connectivity index (χ4n) is 3.17. The van der Waals surface area contributed by atoms with Gasteiger partial charge in [0.15, 0.2) is 0 Å². The number of primary amides is 1. The van der Waals surface area contributed by atoms with Crippen LogP contribution >= 0.6 is 0 Å².